The summed E-state index contributed by atoms with van der Waals surface area (Å²) in [5, 5.41) is 13.4. The number of nitrogens with one attached hydrogen (secondary N) is 1. The molecule has 1 aliphatic heterocycles. The van der Waals surface area contributed by atoms with E-state index >= 15 is 0 Å². The number of ether oxygens (including phenoxy) is 1. The van der Waals surface area contributed by atoms with Crippen LogP contribution >= 0.6 is 11.6 Å². The van der Waals surface area contributed by atoms with Gasteiger partial charge in [-0.15, -0.1) is 5.10 Å². The molecule has 0 amide bonds. The van der Waals surface area contributed by atoms with Crippen molar-refractivity contribution in [1.82, 2.24) is 34.8 Å². The predicted octanol–water partition coefficient (Wildman–Crippen LogP) is 5.25. The summed E-state index contributed by atoms with van der Waals surface area (Å²) in [6.45, 7) is 6.31. The van der Waals surface area contributed by atoms with Gasteiger partial charge in [-0.3, -0.25) is 9.58 Å². The fourth-order valence-electron chi connectivity index (χ4n) is 4.79. The third kappa shape index (κ3) is 6.62. The Morgan fingerprint density at radius 3 is 2.68 bits per heavy atom. The van der Waals surface area contributed by atoms with E-state index in [2.05, 4.69) is 42.4 Å². The van der Waals surface area contributed by atoms with Crippen LogP contribution in [0.3, 0.4) is 0 Å². The van der Waals surface area contributed by atoms with E-state index in [0.29, 0.717) is 16.6 Å². The van der Waals surface area contributed by atoms with Gasteiger partial charge in [-0.25, -0.2) is 14.4 Å². The molecule has 0 unspecified atom stereocenters. The number of nitrogens with zero attached hydrogens (tertiary/aromatic N) is 7. The van der Waals surface area contributed by atoms with Crippen molar-refractivity contribution in [1.29, 1.82) is 0 Å². The fourth-order valence-corrected chi connectivity index (χ4v) is 5.03. The summed E-state index contributed by atoms with van der Waals surface area (Å²) >= 11 is 6.51. The Labute approximate surface area is 242 Å². The highest BCUT2D eigenvalue weighted by atomic mass is 35.5. The zero-order chi connectivity index (χ0) is 28.2. The third-order valence-corrected chi connectivity index (χ3v) is 7.48. The van der Waals surface area contributed by atoms with Crippen molar-refractivity contribution in [3.8, 4) is 17.0 Å². The number of piperazine rings is 1. The summed E-state index contributed by atoms with van der Waals surface area (Å²) in [5.41, 5.74) is 3.99. The van der Waals surface area contributed by atoms with E-state index in [4.69, 9.17) is 16.3 Å². The smallest absolute Gasteiger partial charge is 0.141 e. The minimum absolute atomic E-state index is 0.212. The zero-order valence-electron chi connectivity index (χ0n) is 22.7. The second-order valence-corrected chi connectivity index (χ2v) is 10.6. The predicted molar refractivity (Wildman–Crippen MR) is 158 cm³/mol. The van der Waals surface area contributed by atoms with Crippen LogP contribution in [0, 0.1) is 5.82 Å². The molecule has 0 aliphatic carbocycles. The molecule has 3 heterocycles. The van der Waals surface area contributed by atoms with Crippen molar-refractivity contribution in [2.24, 2.45) is 0 Å². The molecule has 1 fully saturated rings. The van der Waals surface area contributed by atoms with Gasteiger partial charge in [-0.2, -0.15) is 0 Å². The normalized spacial score (nSPS) is 14.4. The first-order valence-electron chi connectivity index (χ1n) is 13.5. The van der Waals surface area contributed by atoms with Crippen molar-refractivity contribution in [3.63, 3.8) is 0 Å². The molecule has 0 spiro atoms. The molecule has 3 aromatic carbocycles. The largest absolute Gasteiger partial charge is 0.487 e. The number of aromatic nitrogens is 5. The summed E-state index contributed by atoms with van der Waals surface area (Å²) in [6.07, 6.45) is 3.51. The Bertz CT molecular complexity index is 1650. The molecular weight excluding hydrogens is 543 g/mol. The number of halogens is 2. The summed E-state index contributed by atoms with van der Waals surface area (Å²) in [4.78, 5) is 13.7. The van der Waals surface area contributed by atoms with Gasteiger partial charge in [0.25, 0.3) is 0 Å². The van der Waals surface area contributed by atoms with Gasteiger partial charge in [0.2, 0.25) is 0 Å². The minimum atomic E-state index is -0.303. The zero-order valence-corrected chi connectivity index (χ0v) is 23.4. The van der Waals surface area contributed by atoms with E-state index in [1.807, 2.05) is 35.1 Å². The maximum Gasteiger partial charge on any atom is 0.141 e. The van der Waals surface area contributed by atoms with Gasteiger partial charge in [0.05, 0.1) is 23.3 Å². The first-order chi connectivity index (χ1) is 20.0. The van der Waals surface area contributed by atoms with Gasteiger partial charge in [-0.1, -0.05) is 35.0 Å². The maximum atomic E-state index is 13.5. The summed E-state index contributed by atoms with van der Waals surface area (Å²) in [7, 11) is 2.16. The van der Waals surface area contributed by atoms with Crippen molar-refractivity contribution >= 4 is 34.0 Å². The molecule has 0 radical (unpaired) electrons. The maximum absolute atomic E-state index is 13.5. The lowest BCUT2D eigenvalue weighted by Gasteiger charge is -2.32. The number of likely N-dealkylation sites (N-methyl/N-ethyl adjacent to an activating group) is 1. The molecular formula is C30H30ClFN8O. The van der Waals surface area contributed by atoms with Crippen LogP contribution in [0.25, 0.3) is 22.2 Å². The molecule has 9 nitrogen and oxygen atoms in total. The molecule has 1 N–H and O–H groups in total. The first kappa shape index (κ1) is 27.1. The average molecular weight is 573 g/mol. The lowest BCUT2D eigenvalue weighted by Crippen LogP contribution is -2.45. The minimum Gasteiger partial charge on any atom is -0.487 e. The Hall–Kier alpha value is -4.12. The van der Waals surface area contributed by atoms with Crippen LogP contribution < -0.4 is 10.1 Å². The van der Waals surface area contributed by atoms with Crippen LogP contribution in [-0.2, 0) is 13.2 Å². The van der Waals surface area contributed by atoms with E-state index in [1.165, 1.54) is 18.5 Å². The molecule has 0 saturated carbocycles. The molecule has 41 heavy (non-hydrogen) atoms. The quantitative estimate of drug-likeness (QED) is 0.256. The van der Waals surface area contributed by atoms with Crippen LogP contribution in [0.15, 0.2) is 73.2 Å². The fraction of sp³-hybridized carbons (Fsp3) is 0.267. The second-order valence-electron chi connectivity index (χ2n) is 10.2. The van der Waals surface area contributed by atoms with Crippen molar-refractivity contribution in [2.75, 3.05) is 45.1 Å². The van der Waals surface area contributed by atoms with Gasteiger partial charge in [-0.05, 0) is 55.1 Å². The van der Waals surface area contributed by atoms with Crippen LogP contribution in [-0.4, -0.2) is 74.5 Å². The van der Waals surface area contributed by atoms with Gasteiger partial charge < -0.3 is 15.0 Å². The SMILES string of the molecule is CN1CCN(CCn2cc(-c3ccc4ncnc(Nc5ccc(OCc6cccc(F)c6)c(Cl)c5)c4c3)nn2)CC1. The molecule has 210 valence electrons. The number of hydrogen-bond donors (Lipinski definition) is 1. The molecule has 11 heteroatoms. The number of rotatable bonds is 9. The van der Waals surface area contributed by atoms with E-state index in [9.17, 15) is 4.39 Å². The topological polar surface area (TPSA) is 84.2 Å². The second kappa shape index (κ2) is 12.2. The molecule has 2 aromatic heterocycles. The highest BCUT2D eigenvalue weighted by Gasteiger charge is 2.15. The summed E-state index contributed by atoms with van der Waals surface area (Å²) < 4.78 is 21.2. The average Bonchev–Trinajstić information content (AvgIpc) is 3.46. The Kier molecular flexibility index (Phi) is 8.04. The van der Waals surface area contributed by atoms with Gasteiger partial charge in [0, 0.05) is 49.4 Å². The lowest BCUT2D eigenvalue weighted by atomic mass is 10.1. The van der Waals surface area contributed by atoms with E-state index in [0.717, 1.165) is 72.7 Å². The molecule has 1 saturated heterocycles. The summed E-state index contributed by atoms with van der Waals surface area (Å²) in [5.74, 6) is 0.846. The number of anilines is 2. The highest BCUT2D eigenvalue weighted by Crippen LogP contribution is 2.32. The molecule has 6 rings (SSSR count). The van der Waals surface area contributed by atoms with E-state index in [1.54, 1.807) is 24.3 Å². The van der Waals surface area contributed by atoms with Gasteiger partial charge >= 0.3 is 0 Å². The molecule has 0 atom stereocenters. The highest BCUT2D eigenvalue weighted by molar-refractivity contribution is 6.32. The van der Waals surface area contributed by atoms with Gasteiger partial charge in [0.15, 0.2) is 0 Å². The van der Waals surface area contributed by atoms with Crippen LogP contribution in [0.5, 0.6) is 5.75 Å². The van der Waals surface area contributed by atoms with Gasteiger partial charge in [0.1, 0.15) is 36.0 Å². The molecule has 5 aromatic rings. The molecule has 1 aliphatic rings. The van der Waals surface area contributed by atoms with Crippen molar-refractivity contribution < 1.29 is 9.13 Å². The van der Waals surface area contributed by atoms with E-state index < -0.39 is 0 Å². The Morgan fingerprint density at radius 2 is 1.85 bits per heavy atom. The Morgan fingerprint density at radius 1 is 0.976 bits per heavy atom. The van der Waals surface area contributed by atoms with Crippen molar-refractivity contribution in [3.05, 3.63) is 89.6 Å². The number of fused-ring (bicyclic) bond motifs is 1. The molecule has 0 bridgehead atoms. The number of benzene rings is 3. The van der Waals surface area contributed by atoms with Crippen molar-refractivity contribution in [2.45, 2.75) is 13.2 Å². The van der Waals surface area contributed by atoms with E-state index in [-0.39, 0.29) is 12.4 Å². The standard InChI is InChI=1S/C30H30ClFN8O/c1-38-9-11-39(12-10-38)13-14-40-18-28(36-37-40)22-5-7-27-25(16-22)30(34-20-33-27)35-24-6-8-29(26(31)17-24)41-19-21-3-2-4-23(32)15-21/h2-8,15-18,20H,9-14,19H2,1H3,(H,33,34,35). The number of hydrogen-bond acceptors (Lipinski definition) is 8. The van der Waals surface area contributed by atoms with Crippen LogP contribution in [0.1, 0.15) is 5.56 Å². The summed E-state index contributed by atoms with van der Waals surface area (Å²) in [6, 6.07) is 17.7. The van der Waals surface area contributed by atoms with Crippen LogP contribution in [0.4, 0.5) is 15.9 Å². The van der Waals surface area contributed by atoms with Crippen LogP contribution in [0.2, 0.25) is 5.02 Å². The Balaban J connectivity index is 1.15. The monoisotopic (exact) mass is 572 g/mol. The lowest BCUT2D eigenvalue weighted by molar-refractivity contribution is 0.148. The third-order valence-electron chi connectivity index (χ3n) is 7.19. The first-order valence-corrected chi connectivity index (χ1v) is 13.9.